The number of carbonyl (C=O) groups excluding carboxylic acids is 2. The molecule has 0 atom stereocenters. The minimum absolute atomic E-state index is 0.135. The van der Waals surface area contributed by atoms with Gasteiger partial charge in [-0.25, -0.2) is 0 Å². The second kappa shape index (κ2) is 6.89. The van der Waals surface area contributed by atoms with Gasteiger partial charge >= 0.3 is 0 Å². The van der Waals surface area contributed by atoms with Gasteiger partial charge in [-0.15, -0.1) is 0 Å². The summed E-state index contributed by atoms with van der Waals surface area (Å²) in [4.78, 5) is 27.7. The summed E-state index contributed by atoms with van der Waals surface area (Å²) in [6.45, 7) is 2.03. The Morgan fingerprint density at radius 2 is 1.09 bits per heavy atom. The van der Waals surface area contributed by atoms with E-state index in [1.807, 2.05) is 67.6 Å². The molecular formula is C29H19NO2. The predicted octanol–water partition coefficient (Wildman–Crippen LogP) is 6.45. The van der Waals surface area contributed by atoms with E-state index >= 15 is 0 Å². The average molecular weight is 413 g/mol. The van der Waals surface area contributed by atoms with Gasteiger partial charge in [0.05, 0.1) is 27.7 Å². The molecule has 0 radical (unpaired) electrons. The van der Waals surface area contributed by atoms with Crippen LogP contribution in [0.5, 0.6) is 0 Å². The molecule has 0 saturated heterocycles. The van der Waals surface area contributed by atoms with E-state index in [4.69, 9.17) is 0 Å². The van der Waals surface area contributed by atoms with E-state index in [0.717, 1.165) is 32.9 Å². The fraction of sp³-hybridized carbons (Fsp3) is 0.0345. The molecule has 0 saturated carbocycles. The van der Waals surface area contributed by atoms with E-state index in [2.05, 4.69) is 16.5 Å². The summed E-state index contributed by atoms with van der Waals surface area (Å²) in [6.07, 6.45) is 0. The molecule has 0 amide bonds. The number of fused-ring (bicyclic) bond motifs is 3. The van der Waals surface area contributed by atoms with Gasteiger partial charge in [0.25, 0.3) is 0 Å². The molecule has 0 aliphatic carbocycles. The summed E-state index contributed by atoms with van der Waals surface area (Å²) in [5.74, 6) is -0.270. The third-order valence-electron chi connectivity index (χ3n) is 6.16. The summed E-state index contributed by atoms with van der Waals surface area (Å²) in [5, 5.41) is 2.06. The van der Waals surface area contributed by atoms with Gasteiger partial charge in [-0.05, 0) is 24.6 Å². The maximum atomic E-state index is 13.9. The van der Waals surface area contributed by atoms with E-state index in [0.29, 0.717) is 22.3 Å². The summed E-state index contributed by atoms with van der Waals surface area (Å²) < 4.78 is 2.09. The number of aryl methyl sites for hydroxylation is 1. The summed E-state index contributed by atoms with van der Waals surface area (Å²) >= 11 is 0. The van der Waals surface area contributed by atoms with E-state index < -0.39 is 0 Å². The predicted molar refractivity (Wildman–Crippen MR) is 128 cm³/mol. The fourth-order valence-electron chi connectivity index (χ4n) is 4.80. The average Bonchev–Trinajstić information content (AvgIpc) is 3.35. The lowest BCUT2D eigenvalue weighted by Gasteiger charge is -2.07. The van der Waals surface area contributed by atoms with Crippen molar-refractivity contribution in [1.29, 1.82) is 0 Å². The number of pyridine rings is 1. The van der Waals surface area contributed by atoms with Crippen LogP contribution in [-0.2, 0) is 0 Å². The van der Waals surface area contributed by atoms with Gasteiger partial charge in [0.1, 0.15) is 0 Å². The van der Waals surface area contributed by atoms with Gasteiger partial charge < -0.3 is 4.40 Å². The van der Waals surface area contributed by atoms with Crippen molar-refractivity contribution in [2.24, 2.45) is 0 Å². The highest BCUT2D eigenvalue weighted by atomic mass is 16.1. The van der Waals surface area contributed by atoms with Gasteiger partial charge in [-0.3, -0.25) is 9.59 Å². The Labute approximate surface area is 184 Å². The Bertz CT molecular complexity index is 1640. The van der Waals surface area contributed by atoms with E-state index in [1.165, 1.54) is 0 Å². The van der Waals surface area contributed by atoms with Crippen molar-refractivity contribution < 1.29 is 9.59 Å². The zero-order chi connectivity index (χ0) is 21.8. The third-order valence-corrected chi connectivity index (χ3v) is 6.16. The lowest BCUT2D eigenvalue weighted by atomic mass is 9.93. The maximum Gasteiger partial charge on any atom is 0.195 e. The molecule has 3 aromatic heterocycles. The number of rotatable bonds is 4. The standard InChI is InChI=1S/C29H19NO2/c1-18-16-23-21-14-8-9-15-22(21)27-26(29(32)20-12-6-3-7-13-20)25(24(17-18)30(23)27)28(31)19-10-4-2-5-11-19/h2-17H,1H3. The van der Waals surface area contributed by atoms with Crippen molar-refractivity contribution in [3.05, 3.63) is 125 Å². The maximum absolute atomic E-state index is 13.9. The molecule has 6 rings (SSSR count). The van der Waals surface area contributed by atoms with Crippen molar-refractivity contribution in [2.45, 2.75) is 6.92 Å². The first-order chi connectivity index (χ1) is 15.6. The van der Waals surface area contributed by atoms with E-state index in [-0.39, 0.29) is 11.6 Å². The van der Waals surface area contributed by atoms with Crippen LogP contribution in [0.3, 0.4) is 0 Å². The topological polar surface area (TPSA) is 38.5 Å². The van der Waals surface area contributed by atoms with Crippen molar-refractivity contribution in [2.75, 3.05) is 0 Å². The van der Waals surface area contributed by atoms with Crippen molar-refractivity contribution in [1.82, 2.24) is 4.40 Å². The van der Waals surface area contributed by atoms with Gasteiger partial charge in [0.2, 0.25) is 0 Å². The van der Waals surface area contributed by atoms with Gasteiger partial charge in [-0.1, -0.05) is 84.9 Å². The first kappa shape index (κ1) is 18.5. The molecule has 3 aromatic carbocycles. The fourth-order valence-corrected chi connectivity index (χ4v) is 4.80. The summed E-state index contributed by atoms with van der Waals surface area (Å²) in [6, 6.07) is 30.6. The second-order valence-corrected chi connectivity index (χ2v) is 8.17. The summed E-state index contributed by atoms with van der Waals surface area (Å²) in [7, 11) is 0. The monoisotopic (exact) mass is 413 g/mol. The molecule has 0 aliphatic heterocycles. The van der Waals surface area contributed by atoms with E-state index in [1.54, 1.807) is 24.3 Å². The van der Waals surface area contributed by atoms with Crippen LogP contribution in [0.15, 0.2) is 97.1 Å². The lowest BCUT2D eigenvalue weighted by molar-refractivity contribution is 0.101. The number of carbonyl (C=O) groups is 2. The lowest BCUT2D eigenvalue weighted by Crippen LogP contribution is -2.09. The van der Waals surface area contributed by atoms with Crippen LogP contribution in [0.25, 0.3) is 27.3 Å². The van der Waals surface area contributed by atoms with Crippen molar-refractivity contribution >= 4 is 38.9 Å². The molecule has 3 nitrogen and oxygen atoms in total. The van der Waals surface area contributed by atoms with Crippen molar-refractivity contribution in [3.8, 4) is 0 Å². The van der Waals surface area contributed by atoms with Gasteiger partial charge in [0.15, 0.2) is 11.6 Å². The van der Waals surface area contributed by atoms with Crippen LogP contribution in [0.2, 0.25) is 0 Å². The molecule has 3 heteroatoms. The molecule has 152 valence electrons. The second-order valence-electron chi connectivity index (χ2n) is 8.17. The van der Waals surface area contributed by atoms with Crippen LogP contribution in [-0.4, -0.2) is 16.0 Å². The normalized spacial score (nSPS) is 11.5. The number of nitrogens with zero attached hydrogens (tertiary/aromatic N) is 1. The smallest absolute Gasteiger partial charge is 0.195 e. The Balaban J connectivity index is 1.81. The molecule has 0 unspecified atom stereocenters. The third kappa shape index (κ3) is 2.55. The molecule has 0 N–H and O–H groups in total. The number of aromatic nitrogens is 1. The highest BCUT2D eigenvalue weighted by Gasteiger charge is 2.30. The van der Waals surface area contributed by atoms with Crippen LogP contribution in [0.4, 0.5) is 0 Å². The van der Waals surface area contributed by atoms with E-state index in [9.17, 15) is 9.59 Å². The van der Waals surface area contributed by atoms with Crippen LogP contribution < -0.4 is 0 Å². The zero-order valence-electron chi connectivity index (χ0n) is 17.5. The minimum Gasteiger partial charge on any atom is -0.308 e. The Hall–Kier alpha value is -4.24. The minimum atomic E-state index is -0.135. The summed E-state index contributed by atoms with van der Waals surface area (Å²) in [5.41, 5.74) is 5.74. The number of benzene rings is 3. The number of hydrogen-bond donors (Lipinski definition) is 0. The molecule has 32 heavy (non-hydrogen) atoms. The quantitative estimate of drug-likeness (QED) is 0.311. The highest BCUT2D eigenvalue weighted by molar-refractivity contribution is 6.30. The molecular weight excluding hydrogens is 394 g/mol. The first-order valence-electron chi connectivity index (χ1n) is 10.6. The largest absolute Gasteiger partial charge is 0.308 e. The van der Waals surface area contributed by atoms with Crippen LogP contribution in [0, 0.1) is 6.92 Å². The van der Waals surface area contributed by atoms with Crippen LogP contribution in [0.1, 0.15) is 37.4 Å². The first-order valence-corrected chi connectivity index (χ1v) is 10.6. The number of hydrogen-bond acceptors (Lipinski definition) is 2. The molecule has 0 bridgehead atoms. The van der Waals surface area contributed by atoms with Gasteiger partial charge in [-0.2, -0.15) is 0 Å². The Morgan fingerprint density at radius 3 is 1.72 bits per heavy atom. The molecule has 3 heterocycles. The highest BCUT2D eigenvalue weighted by Crippen LogP contribution is 2.39. The molecule has 0 fully saturated rings. The van der Waals surface area contributed by atoms with Crippen molar-refractivity contribution in [3.63, 3.8) is 0 Å². The zero-order valence-corrected chi connectivity index (χ0v) is 17.5. The van der Waals surface area contributed by atoms with Crippen LogP contribution >= 0.6 is 0 Å². The van der Waals surface area contributed by atoms with Gasteiger partial charge in [0, 0.05) is 21.9 Å². The molecule has 6 aromatic rings. The number of ketones is 2. The Morgan fingerprint density at radius 1 is 0.594 bits per heavy atom. The molecule has 0 aliphatic rings. The molecule has 0 spiro atoms. The SMILES string of the molecule is Cc1cc2c(C(=O)c3ccccc3)c(C(=O)c3ccccc3)c3c4ccccc4c(c1)n23. The Kier molecular flexibility index (Phi) is 3.99.